The van der Waals surface area contributed by atoms with Crippen molar-refractivity contribution in [3.8, 4) is 0 Å². The predicted octanol–water partition coefficient (Wildman–Crippen LogP) is -0.148. The van der Waals surface area contributed by atoms with Crippen molar-refractivity contribution < 1.29 is 24.4 Å². The first-order chi connectivity index (χ1) is 6.79. The van der Waals surface area contributed by atoms with E-state index in [1.165, 1.54) is 0 Å². The fraction of sp³-hybridized carbons (Fsp3) is 1.00. The van der Waals surface area contributed by atoms with Crippen LogP contribution in [0.25, 0.3) is 0 Å². The normalized spacial score (nSPS) is 43.0. The van der Waals surface area contributed by atoms with Gasteiger partial charge in [0.25, 0.3) is 0 Å². The zero-order valence-corrected chi connectivity index (χ0v) is 9.22. The standard InChI is InChI=1S/C10H19FO4/c1-10(2,3)9-8(14)7(13)6(12)5(4-11)15-9/h5-9,12-14H,4H2,1-3H3/t5?,6-,7-,8?,9?/m0/s1. The Morgan fingerprint density at radius 3 is 2.00 bits per heavy atom. The summed E-state index contributed by atoms with van der Waals surface area (Å²) >= 11 is 0. The van der Waals surface area contributed by atoms with Gasteiger partial charge in [0.05, 0.1) is 6.10 Å². The van der Waals surface area contributed by atoms with Gasteiger partial charge < -0.3 is 20.1 Å². The number of aliphatic hydroxyl groups is 3. The molecule has 0 aromatic heterocycles. The van der Waals surface area contributed by atoms with Crippen molar-refractivity contribution in [3.05, 3.63) is 0 Å². The molecule has 3 unspecified atom stereocenters. The van der Waals surface area contributed by atoms with Gasteiger partial charge in [-0.3, -0.25) is 0 Å². The molecule has 0 radical (unpaired) electrons. The second-order valence-corrected chi connectivity index (χ2v) is 5.09. The minimum atomic E-state index is -1.37. The molecule has 1 saturated heterocycles. The first kappa shape index (κ1) is 12.8. The van der Waals surface area contributed by atoms with E-state index in [4.69, 9.17) is 4.74 Å². The van der Waals surface area contributed by atoms with Crippen LogP contribution < -0.4 is 0 Å². The lowest BCUT2D eigenvalue weighted by Gasteiger charge is -2.45. The highest BCUT2D eigenvalue weighted by molar-refractivity contribution is 4.96. The van der Waals surface area contributed by atoms with Crippen LogP contribution >= 0.6 is 0 Å². The van der Waals surface area contributed by atoms with Crippen LogP contribution in [0.4, 0.5) is 4.39 Å². The Hall–Kier alpha value is -0.230. The summed E-state index contributed by atoms with van der Waals surface area (Å²) in [5, 5.41) is 28.7. The molecule has 15 heavy (non-hydrogen) atoms. The lowest BCUT2D eigenvalue weighted by molar-refractivity contribution is -0.246. The molecule has 0 bridgehead atoms. The van der Waals surface area contributed by atoms with Crippen molar-refractivity contribution in [1.29, 1.82) is 0 Å². The van der Waals surface area contributed by atoms with Crippen LogP contribution in [0, 0.1) is 5.41 Å². The highest BCUT2D eigenvalue weighted by Crippen LogP contribution is 2.32. The van der Waals surface area contributed by atoms with Gasteiger partial charge in [-0.15, -0.1) is 0 Å². The fourth-order valence-corrected chi connectivity index (χ4v) is 1.79. The minimum Gasteiger partial charge on any atom is -0.388 e. The average molecular weight is 222 g/mol. The average Bonchev–Trinajstić information content (AvgIpc) is 2.13. The van der Waals surface area contributed by atoms with Gasteiger partial charge in [-0.25, -0.2) is 4.39 Å². The molecule has 0 saturated carbocycles. The molecule has 5 heteroatoms. The molecule has 0 aromatic rings. The van der Waals surface area contributed by atoms with Gasteiger partial charge in [0.2, 0.25) is 0 Å². The van der Waals surface area contributed by atoms with E-state index in [1.54, 1.807) is 0 Å². The molecule has 5 atom stereocenters. The highest BCUT2D eigenvalue weighted by atomic mass is 19.1. The van der Waals surface area contributed by atoms with Gasteiger partial charge in [0.1, 0.15) is 31.1 Å². The summed E-state index contributed by atoms with van der Waals surface area (Å²) in [4.78, 5) is 0. The number of hydrogen-bond acceptors (Lipinski definition) is 4. The summed E-state index contributed by atoms with van der Waals surface area (Å²) in [6.07, 6.45) is -5.67. The number of halogens is 1. The van der Waals surface area contributed by atoms with Gasteiger partial charge in [0.15, 0.2) is 0 Å². The smallest absolute Gasteiger partial charge is 0.118 e. The maximum absolute atomic E-state index is 12.5. The number of hydrogen-bond donors (Lipinski definition) is 3. The van der Waals surface area contributed by atoms with Gasteiger partial charge >= 0.3 is 0 Å². The summed E-state index contributed by atoms with van der Waals surface area (Å²) in [5.41, 5.74) is -0.423. The van der Waals surface area contributed by atoms with Crippen LogP contribution in [-0.4, -0.2) is 52.5 Å². The number of aliphatic hydroxyl groups excluding tert-OH is 3. The summed E-state index contributed by atoms with van der Waals surface area (Å²) in [5.74, 6) is 0. The van der Waals surface area contributed by atoms with Crippen molar-refractivity contribution in [1.82, 2.24) is 0 Å². The van der Waals surface area contributed by atoms with E-state index >= 15 is 0 Å². The SMILES string of the molecule is CC(C)(C)C1OC(CF)[C@H](O)[C@H](O)C1O. The van der Waals surface area contributed by atoms with E-state index < -0.39 is 42.6 Å². The maximum atomic E-state index is 12.5. The number of ether oxygens (including phenoxy) is 1. The van der Waals surface area contributed by atoms with Crippen molar-refractivity contribution in [2.75, 3.05) is 6.67 Å². The Morgan fingerprint density at radius 1 is 1.07 bits per heavy atom. The fourth-order valence-electron chi connectivity index (χ4n) is 1.79. The van der Waals surface area contributed by atoms with Crippen molar-refractivity contribution in [2.45, 2.75) is 51.3 Å². The Morgan fingerprint density at radius 2 is 1.60 bits per heavy atom. The summed E-state index contributed by atoms with van der Waals surface area (Å²) in [6, 6.07) is 0. The van der Waals surface area contributed by atoms with E-state index in [0.29, 0.717) is 0 Å². The predicted molar refractivity (Wildman–Crippen MR) is 52.1 cm³/mol. The molecule has 0 amide bonds. The molecule has 3 N–H and O–H groups in total. The molecular formula is C10H19FO4. The van der Waals surface area contributed by atoms with Crippen LogP contribution in [0.5, 0.6) is 0 Å². The van der Waals surface area contributed by atoms with Crippen LogP contribution in [-0.2, 0) is 4.74 Å². The van der Waals surface area contributed by atoms with E-state index in [0.717, 1.165) is 0 Å². The lowest BCUT2D eigenvalue weighted by Crippen LogP contribution is -2.61. The largest absolute Gasteiger partial charge is 0.388 e. The second-order valence-electron chi connectivity index (χ2n) is 5.09. The maximum Gasteiger partial charge on any atom is 0.118 e. The molecule has 1 heterocycles. The monoisotopic (exact) mass is 222 g/mol. The molecule has 0 aliphatic carbocycles. The van der Waals surface area contributed by atoms with Crippen LogP contribution in [0.15, 0.2) is 0 Å². The molecular weight excluding hydrogens is 203 g/mol. The molecule has 0 aromatic carbocycles. The summed E-state index contributed by atoms with van der Waals surface area (Å²) in [6.45, 7) is 4.58. The Labute approximate surface area is 88.7 Å². The molecule has 1 rings (SSSR count). The molecule has 90 valence electrons. The zero-order valence-electron chi connectivity index (χ0n) is 9.22. The first-order valence-corrected chi connectivity index (χ1v) is 5.04. The highest BCUT2D eigenvalue weighted by Gasteiger charge is 2.47. The summed E-state index contributed by atoms with van der Waals surface area (Å²) < 4.78 is 17.8. The zero-order chi connectivity index (χ0) is 11.8. The van der Waals surface area contributed by atoms with Gasteiger partial charge in [-0.2, -0.15) is 0 Å². The molecule has 0 spiro atoms. The van der Waals surface area contributed by atoms with Gasteiger partial charge in [-0.1, -0.05) is 20.8 Å². The molecule has 1 aliphatic heterocycles. The van der Waals surface area contributed by atoms with Crippen molar-refractivity contribution >= 4 is 0 Å². The van der Waals surface area contributed by atoms with Gasteiger partial charge in [0, 0.05) is 0 Å². The van der Waals surface area contributed by atoms with Crippen molar-refractivity contribution in [2.24, 2.45) is 5.41 Å². The third-order valence-corrected chi connectivity index (χ3v) is 2.72. The first-order valence-electron chi connectivity index (χ1n) is 5.04. The summed E-state index contributed by atoms with van der Waals surface area (Å²) in [7, 11) is 0. The Kier molecular flexibility index (Phi) is 3.71. The third-order valence-electron chi connectivity index (χ3n) is 2.72. The second kappa shape index (κ2) is 4.33. The molecule has 1 aliphatic rings. The van der Waals surface area contributed by atoms with E-state index in [2.05, 4.69) is 0 Å². The Bertz CT molecular complexity index is 214. The third kappa shape index (κ3) is 2.47. The lowest BCUT2D eigenvalue weighted by atomic mass is 9.80. The van der Waals surface area contributed by atoms with E-state index in [9.17, 15) is 19.7 Å². The van der Waals surface area contributed by atoms with Crippen LogP contribution in [0.3, 0.4) is 0 Å². The minimum absolute atomic E-state index is 0.423. The van der Waals surface area contributed by atoms with Crippen LogP contribution in [0.1, 0.15) is 20.8 Å². The quantitative estimate of drug-likeness (QED) is 0.577. The molecule has 4 nitrogen and oxygen atoms in total. The topological polar surface area (TPSA) is 69.9 Å². The molecule has 1 fully saturated rings. The van der Waals surface area contributed by atoms with Crippen LogP contribution in [0.2, 0.25) is 0 Å². The van der Waals surface area contributed by atoms with E-state index in [1.807, 2.05) is 20.8 Å². The number of rotatable bonds is 1. The van der Waals surface area contributed by atoms with Gasteiger partial charge in [-0.05, 0) is 5.41 Å². The van der Waals surface area contributed by atoms with E-state index in [-0.39, 0.29) is 0 Å². The number of alkyl halides is 1. The van der Waals surface area contributed by atoms with Crippen molar-refractivity contribution in [3.63, 3.8) is 0 Å². The Balaban J connectivity index is 2.83.